The number of nitrogens with one attached hydrogen (secondary N) is 2. The van der Waals surface area contributed by atoms with Gasteiger partial charge >= 0.3 is 5.97 Å². The Bertz CT molecular complexity index is 603. The van der Waals surface area contributed by atoms with Crippen LogP contribution in [0.2, 0.25) is 0 Å². The zero-order valence-corrected chi connectivity index (χ0v) is 9.57. The molecule has 0 aliphatic heterocycles. The van der Waals surface area contributed by atoms with E-state index < -0.39 is 11.9 Å². The van der Waals surface area contributed by atoms with Crippen molar-refractivity contribution in [2.24, 2.45) is 0 Å². The largest absolute Gasteiger partial charge is 0.476 e. The first-order chi connectivity index (χ1) is 9.06. The van der Waals surface area contributed by atoms with Gasteiger partial charge in [-0.05, 0) is 0 Å². The Morgan fingerprint density at radius 3 is 2.89 bits per heavy atom. The molecule has 0 aromatic carbocycles. The molecular formula is C8H10N8O3. The van der Waals surface area contributed by atoms with Crippen molar-refractivity contribution in [1.29, 1.82) is 0 Å². The van der Waals surface area contributed by atoms with Crippen molar-refractivity contribution >= 4 is 17.8 Å². The molecule has 2 heterocycles. The third-order valence-corrected chi connectivity index (χ3v) is 2.10. The fourth-order valence-corrected chi connectivity index (χ4v) is 1.25. The highest BCUT2D eigenvalue weighted by Gasteiger charge is 2.11. The summed E-state index contributed by atoms with van der Waals surface area (Å²) in [7, 11) is 0. The molecule has 0 unspecified atom stereocenters. The van der Waals surface area contributed by atoms with E-state index in [1.807, 2.05) is 0 Å². The van der Waals surface area contributed by atoms with Gasteiger partial charge in [-0.3, -0.25) is 9.89 Å². The number of aromatic carboxylic acids is 1. The molecule has 0 bridgehead atoms. The summed E-state index contributed by atoms with van der Waals surface area (Å²) in [5.41, 5.74) is 5.10. The normalized spacial score (nSPS) is 10.3. The number of amides is 1. The Kier molecular flexibility index (Phi) is 3.36. The van der Waals surface area contributed by atoms with Crippen LogP contribution in [0.25, 0.3) is 0 Å². The van der Waals surface area contributed by atoms with Crippen molar-refractivity contribution in [3.63, 3.8) is 0 Å². The van der Waals surface area contributed by atoms with Gasteiger partial charge in [0.15, 0.2) is 5.69 Å². The lowest BCUT2D eigenvalue weighted by atomic mass is 10.5. The molecule has 2 aromatic heterocycles. The topological polar surface area (TPSA) is 165 Å². The number of nitrogen functional groups attached to an aromatic ring is 1. The van der Waals surface area contributed by atoms with Crippen LogP contribution in [0.3, 0.4) is 0 Å². The zero-order valence-electron chi connectivity index (χ0n) is 9.57. The number of nitrogens with zero attached hydrogens (tertiary/aromatic N) is 5. The molecule has 19 heavy (non-hydrogen) atoms. The van der Waals surface area contributed by atoms with Crippen LogP contribution in [0.15, 0.2) is 6.20 Å². The number of hydrogen-bond donors (Lipinski definition) is 4. The molecule has 2 aromatic rings. The van der Waals surface area contributed by atoms with Crippen molar-refractivity contribution in [3.05, 3.63) is 17.7 Å². The van der Waals surface area contributed by atoms with Gasteiger partial charge in [-0.2, -0.15) is 4.98 Å². The van der Waals surface area contributed by atoms with E-state index in [4.69, 9.17) is 10.8 Å². The number of carbonyl (C=O) groups excluding carboxylic acids is 1. The molecule has 100 valence electrons. The zero-order chi connectivity index (χ0) is 13.8. The van der Waals surface area contributed by atoms with Crippen molar-refractivity contribution in [1.82, 2.24) is 35.5 Å². The quantitative estimate of drug-likeness (QED) is 0.487. The van der Waals surface area contributed by atoms with Gasteiger partial charge in [-0.1, -0.05) is 5.21 Å². The lowest BCUT2D eigenvalue weighted by Crippen LogP contribution is -2.28. The molecule has 0 atom stereocenters. The molecule has 0 fully saturated rings. The standard InChI is InChI=1S/C8H10N8O3/c9-8-11-5(13-14-8)6(17)10-1-2-16-3-4(7(18)19)12-15-16/h3H,1-2H2,(H,10,17)(H,18,19)(H3,9,11,13,14). The second-order valence-electron chi connectivity index (χ2n) is 3.47. The summed E-state index contributed by atoms with van der Waals surface area (Å²) in [4.78, 5) is 25.7. The van der Waals surface area contributed by atoms with Crippen LogP contribution in [0.5, 0.6) is 0 Å². The van der Waals surface area contributed by atoms with Crippen LogP contribution >= 0.6 is 0 Å². The number of rotatable bonds is 5. The Morgan fingerprint density at radius 1 is 1.53 bits per heavy atom. The van der Waals surface area contributed by atoms with E-state index in [0.29, 0.717) is 0 Å². The lowest BCUT2D eigenvalue weighted by molar-refractivity contribution is 0.0690. The SMILES string of the molecule is Nc1n[nH]c(C(=O)NCCn2cc(C(=O)O)nn2)n1. The smallest absolute Gasteiger partial charge is 0.358 e. The summed E-state index contributed by atoms with van der Waals surface area (Å²) in [6, 6.07) is 0. The van der Waals surface area contributed by atoms with Crippen LogP contribution in [0.4, 0.5) is 5.95 Å². The van der Waals surface area contributed by atoms with E-state index in [1.165, 1.54) is 10.9 Å². The van der Waals surface area contributed by atoms with E-state index >= 15 is 0 Å². The van der Waals surface area contributed by atoms with Crippen LogP contribution < -0.4 is 11.1 Å². The minimum atomic E-state index is -1.16. The van der Waals surface area contributed by atoms with Gasteiger partial charge in [0.2, 0.25) is 11.8 Å². The Hall–Kier alpha value is -2.98. The maximum atomic E-state index is 11.5. The highest BCUT2D eigenvalue weighted by atomic mass is 16.4. The minimum absolute atomic E-state index is 0.00214. The number of anilines is 1. The summed E-state index contributed by atoms with van der Waals surface area (Å²) in [6.45, 7) is 0.498. The van der Waals surface area contributed by atoms with Crippen molar-refractivity contribution in [2.45, 2.75) is 6.54 Å². The van der Waals surface area contributed by atoms with Gasteiger partial charge in [-0.15, -0.1) is 10.2 Å². The van der Waals surface area contributed by atoms with Crippen molar-refractivity contribution < 1.29 is 14.7 Å². The molecule has 0 saturated heterocycles. The number of carboxylic acid groups (broad SMARTS) is 1. The summed E-state index contributed by atoms with van der Waals surface area (Å²) in [5, 5.41) is 24.1. The summed E-state index contributed by atoms with van der Waals surface area (Å²) < 4.78 is 1.30. The molecule has 2 rings (SSSR count). The molecule has 0 aliphatic rings. The van der Waals surface area contributed by atoms with E-state index in [9.17, 15) is 9.59 Å². The maximum absolute atomic E-state index is 11.5. The van der Waals surface area contributed by atoms with Gasteiger partial charge < -0.3 is 16.2 Å². The van der Waals surface area contributed by atoms with E-state index in [1.54, 1.807) is 0 Å². The third kappa shape index (κ3) is 3.02. The second kappa shape index (κ2) is 5.12. The molecule has 0 saturated carbocycles. The number of hydrogen-bond acceptors (Lipinski definition) is 7. The number of carbonyl (C=O) groups is 2. The van der Waals surface area contributed by atoms with Gasteiger partial charge in [0.25, 0.3) is 5.91 Å². The highest BCUT2D eigenvalue weighted by molar-refractivity contribution is 5.90. The van der Waals surface area contributed by atoms with E-state index in [2.05, 4.69) is 30.8 Å². The van der Waals surface area contributed by atoms with Crippen LogP contribution in [0, 0.1) is 0 Å². The van der Waals surface area contributed by atoms with Gasteiger partial charge in [0.05, 0.1) is 12.7 Å². The van der Waals surface area contributed by atoms with Crippen LogP contribution in [-0.4, -0.2) is 53.7 Å². The third-order valence-electron chi connectivity index (χ3n) is 2.10. The first-order valence-electron chi connectivity index (χ1n) is 5.16. The lowest BCUT2D eigenvalue weighted by Gasteiger charge is -2.01. The second-order valence-corrected chi connectivity index (χ2v) is 3.47. The van der Waals surface area contributed by atoms with Gasteiger partial charge in [0, 0.05) is 6.54 Å². The number of aromatic amines is 1. The number of H-pyrrole nitrogens is 1. The van der Waals surface area contributed by atoms with Crippen LogP contribution in [-0.2, 0) is 6.54 Å². The average Bonchev–Trinajstić information content (AvgIpc) is 2.98. The molecular weight excluding hydrogens is 256 g/mol. The summed E-state index contributed by atoms with van der Waals surface area (Å²) >= 11 is 0. The van der Waals surface area contributed by atoms with Crippen LogP contribution in [0.1, 0.15) is 21.1 Å². The average molecular weight is 266 g/mol. The number of aromatic nitrogens is 6. The number of nitrogens with two attached hydrogens (primary N) is 1. The first-order valence-corrected chi connectivity index (χ1v) is 5.16. The molecule has 0 spiro atoms. The molecule has 5 N–H and O–H groups in total. The molecule has 0 radical (unpaired) electrons. The monoisotopic (exact) mass is 266 g/mol. The van der Waals surface area contributed by atoms with Crippen molar-refractivity contribution in [3.8, 4) is 0 Å². The van der Waals surface area contributed by atoms with Gasteiger partial charge in [-0.25, -0.2) is 9.48 Å². The Balaban J connectivity index is 1.83. The van der Waals surface area contributed by atoms with Gasteiger partial charge in [0.1, 0.15) is 0 Å². The number of carboxylic acids is 1. The first kappa shape index (κ1) is 12.5. The minimum Gasteiger partial charge on any atom is -0.476 e. The fraction of sp³-hybridized carbons (Fsp3) is 0.250. The Morgan fingerprint density at radius 2 is 2.32 bits per heavy atom. The molecule has 11 heteroatoms. The predicted molar refractivity (Wildman–Crippen MR) is 60.1 cm³/mol. The Labute approximate surface area is 105 Å². The molecule has 0 aliphatic carbocycles. The fourth-order valence-electron chi connectivity index (χ4n) is 1.25. The van der Waals surface area contributed by atoms with Crippen molar-refractivity contribution in [2.75, 3.05) is 12.3 Å². The molecule has 11 nitrogen and oxygen atoms in total. The summed E-state index contributed by atoms with van der Waals surface area (Å²) in [5.74, 6) is -1.65. The predicted octanol–water partition coefficient (Wildman–Crippen LogP) is -1.89. The van der Waals surface area contributed by atoms with E-state index in [0.717, 1.165) is 0 Å². The highest BCUT2D eigenvalue weighted by Crippen LogP contribution is 1.94. The van der Waals surface area contributed by atoms with E-state index in [-0.39, 0.29) is 30.6 Å². The molecule has 1 amide bonds. The maximum Gasteiger partial charge on any atom is 0.358 e. The summed E-state index contributed by atoms with van der Waals surface area (Å²) in [6.07, 6.45) is 1.26.